The van der Waals surface area contributed by atoms with Crippen LogP contribution in [0.3, 0.4) is 0 Å². The minimum absolute atomic E-state index is 0.0111. The molecule has 1 saturated carbocycles. The SMILES string of the molecule is CC(=O)O[C@@H]1CCCC[C@@H]1O[Si](C)(C)C. The van der Waals surface area contributed by atoms with Crippen molar-refractivity contribution in [2.45, 2.75) is 64.5 Å². The number of carbonyl (C=O) groups is 1. The summed E-state index contributed by atoms with van der Waals surface area (Å²) < 4.78 is 11.4. The van der Waals surface area contributed by atoms with E-state index in [1.807, 2.05) is 0 Å². The summed E-state index contributed by atoms with van der Waals surface area (Å²) in [5, 5.41) is 0. The lowest BCUT2D eigenvalue weighted by Gasteiger charge is -2.35. The Morgan fingerprint density at radius 2 is 1.67 bits per heavy atom. The average Bonchev–Trinajstić information content (AvgIpc) is 2.05. The fourth-order valence-corrected chi connectivity index (χ4v) is 3.18. The Bertz CT molecular complexity index is 222. The second-order valence-corrected chi connectivity index (χ2v) is 9.66. The highest BCUT2D eigenvalue weighted by molar-refractivity contribution is 6.69. The third kappa shape index (κ3) is 4.80. The molecule has 1 rings (SSSR count). The van der Waals surface area contributed by atoms with Gasteiger partial charge in [-0.25, -0.2) is 0 Å². The van der Waals surface area contributed by atoms with Crippen molar-refractivity contribution in [1.29, 1.82) is 0 Å². The van der Waals surface area contributed by atoms with Gasteiger partial charge in [0.15, 0.2) is 8.32 Å². The van der Waals surface area contributed by atoms with Crippen LogP contribution in [0.1, 0.15) is 32.6 Å². The lowest BCUT2D eigenvalue weighted by Crippen LogP contribution is -2.42. The van der Waals surface area contributed by atoms with E-state index in [0.717, 1.165) is 19.3 Å². The van der Waals surface area contributed by atoms with Crippen molar-refractivity contribution in [3.8, 4) is 0 Å². The van der Waals surface area contributed by atoms with Gasteiger partial charge in [-0.15, -0.1) is 0 Å². The lowest BCUT2D eigenvalue weighted by molar-refractivity contribution is -0.153. The molecule has 1 aliphatic rings. The second-order valence-electron chi connectivity index (χ2n) is 5.20. The van der Waals surface area contributed by atoms with Gasteiger partial charge in [-0.05, 0) is 38.9 Å². The van der Waals surface area contributed by atoms with E-state index in [2.05, 4.69) is 19.6 Å². The number of carbonyl (C=O) groups excluding carboxylic acids is 1. The molecule has 0 aromatic heterocycles. The van der Waals surface area contributed by atoms with E-state index < -0.39 is 8.32 Å². The highest BCUT2D eigenvalue weighted by atomic mass is 28.4. The molecular weight excluding hydrogens is 208 g/mol. The van der Waals surface area contributed by atoms with Gasteiger partial charge in [0.2, 0.25) is 0 Å². The topological polar surface area (TPSA) is 35.5 Å². The molecule has 0 amide bonds. The summed E-state index contributed by atoms with van der Waals surface area (Å²) in [5.41, 5.74) is 0. The Hall–Kier alpha value is -0.353. The number of esters is 1. The molecule has 15 heavy (non-hydrogen) atoms. The Balaban J connectivity index is 2.53. The molecule has 0 radical (unpaired) electrons. The highest BCUT2D eigenvalue weighted by Crippen LogP contribution is 2.26. The summed E-state index contributed by atoms with van der Waals surface area (Å²) in [4.78, 5) is 11.0. The van der Waals surface area contributed by atoms with E-state index in [1.54, 1.807) is 0 Å². The maximum Gasteiger partial charge on any atom is 0.302 e. The van der Waals surface area contributed by atoms with Crippen molar-refractivity contribution >= 4 is 14.3 Å². The van der Waals surface area contributed by atoms with Gasteiger partial charge < -0.3 is 9.16 Å². The molecule has 0 aromatic carbocycles. The van der Waals surface area contributed by atoms with E-state index in [4.69, 9.17) is 9.16 Å². The zero-order chi connectivity index (χ0) is 11.5. The van der Waals surface area contributed by atoms with Crippen LogP contribution in [0.15, 0.2) is 0 Å². The van der Waals surface area contributed by atoms with Crippen LogP contribution in [-0.4, -0.2) is 26.5 Å². The van der Waals surface area contributed by atoms with Crippen LogP contribution >= 0.6 is 0 Å². The minimum atomic E-state index is -1.53. The van der Waals surface area contributed by atoms with E-state index in [9.17, 15) is 4.79 Å². The summed E-state index contributed by atoms with van der Waals surface area (Å²) in [6.45, 7) is 7.99. The summed E-state index contributed by atoms with van der Waals surface area (Å²) >= 11 is 0. The van der Waals surface area contributed by atoms with Gasteiger partial charge in [0.25, 0.3) is 0 Å². The average molecular weight is 230 g/mol. The summed E-state index contributed by atoms with van der Waals surface area (Å²) in [5.74, 6) is -0.189. The maximum absolute atomic E-state index is 11.0. The summed E-state index contributed by atoms with van der Waals surface area (Å²) in [6, 6.07) is 0. The van der Waals surface area contributed by atoms with Crippen LogP contribution in [0.25, 0.3) is 0 Å². The van der Waals surface area contributed by atoms with Crippen molar-refractivity contribution in [2.24, 2.45) is 0 Å². The Morgan fingerprint density at radius 1 is 1.13 bits per heavy atom. The molecule has 0 aliphatic heterocycles. The van der Waals surface area contributed by atoms with Gasteiger partial charge in [-0.2, -0.15) is 0 Å². The largest absolute Gasteiger partial charge is 0.460 e. The summed E-state index contributed by atoms with van der Waals surface area (Å²) in [6.07, 6.45) is 4.44. The molecule has 1 aliphatic carbocycles. The van der Waals surface area contributed by atoms with Gasteiger partial charge in [0, 0.05) is 6.92 Å². The first-order valence-electron chi connectivity index (χ1n) is 5.73. The van der Waals surface area contributed by atoms with E-state index in [0.29, 0.717) is 0 Å². The molecule has 1 fully saturated rings. The van der Waals surface area contributed by atoms with Gasteiger partial charge in [0.05, 0.1) is 6.10 Å². The van der Waals surface area contributed by atoms with Crippen molar-refractivity contribution in [3.63, 3.8) is 0 Å². The Morgan fingerprint density at radius 3 is 2.13 bits per heavy atom. The molecular formula is C11H22O3Si. The fourth-order valence-electron chi connectivity index (χ4n) is 2.00. The van der Waals surface area contributed by atoms with Gasteiger partial charge in [-0.3, -0.25) is 4.79 Å². The third-order valence-corrected chi connectivity index (χ3v) is 3.47. The van der Waals surface area contributed by atoms with Crippen LogP contribution in [0.2, 0.25) is 19.6 Å². The number of rotatable bonds is 3. The Kier molecular flexibility index (Phi) is 4.34. The van der Waals surface area contributed by atoms with Gasteiger partial charge in [-0.1, -0.05) is 6.42 Å². The van der Waals surface area contributed by atoms with E-state index in [1.165, 1.54) is 13.3 Å². The first-order chi connectivity index (χ1) is 6.88. The molecule has 88 valence electrons. The molecule has 0 heterocycles. The first-order valence-corrected chi connectivity index (χ1v) is 9.14. The quantitative estimate of drug-likeness (QED) is 0.552. The monoisotopic (exact) mass is 230 g/mol. The lowest BCUT2D eigenvalue weighted by atomic mass is 9.95. The molecule has 3 nitrogen and oxygen atoms in total. The molecule has 4 heteroatoms. The molecule has 2 atom stereocenters. The number of ether oxygens (including phenoxy) is 1. The smallest absolute Gasteiger partial charge is 0.302 e. The predicted octanol–water partition coefficient (Wildman–Crippen LogP) is 2.71. The first kappa shape index (κ1) is 12.7. The van der Waals surface area contributed by atoms with Crippen LogP contribution in [0.4, 0.5) is 0 Å². The van der Waals surface area contributed by atoms with Crippen LogP contribution in [0, 0.1) is 0 Å². The van der Waals surface area contributed by atoms with Crippen molar-refractivity contribution in [1.82, 2.24) is 0 Å². The van der Waals surface area contributed by atoms with Crippen molar-refractivity contribution < 1.29 is 14.0 Å². The van der Waals surface area contributed by atoms with E-state index >= 15 is 0 Å². The normalized spacial score (nSPS) is 27.5. The molecule has 0 spiro atoms. The van der Waals surface area contributed by atoms with Gasteiger partial charge in [0.1, 0.15) is 6.10 Å². The number of hydrogen-bond donors (Lipinski definition) is 0. The minimum Gasteiger partial charge on any atom is -0.460 e. The summed E-state index contributed by atoms with van der Waals surface area (Å²) in [7, 11) is -1.53. The zero-order valence-electron chi connectivity index (χ0n) is 10.2. The zero-order valence-corrected chi connectivity index (χ0v) is 11.2. The predicted molar refractivity (Wildman–Crippen MR) is 62.2 cm³/mol. The fraction of sp³-hybridized carbons (Fsp3) is 0.909. The molecule has 0 N–H and O–H groups in total. The van der Waals surface area contributed by atoms with Gasteiger partial charge >= 0.3 is 5.97 Å². The third-order valence-electron chi connectivity index (χ3n) is 2.46. The molecule has 0 bridgehead atoms. The van der Waals surface area contributed by atoms with Crippen molar-refractivity contribution in [3.05, 3.63) is 0 Å². The second kappa shape index (κ2) is 5.12. The molecule has 0 aromatic rings. The molecule has 0 unspecified atom stereocenters. The van der Waals surface area contributed by atoms with Crippen molar-refractivity contribution in [2.75, 3.05) is 0 Å². The van der Waals surface area contributed by atoms with Crippen LogP contribution in [-0.2, 0) is 14.0 Å². The van der Waals surface area contributed by atoms with Crippen LogP contribution < -0.4 is 0 Å². The standard InChI is InChI=1S/C11H22O3Si/c1-9(12)13-10-7-5-6-8-11(10)14-15(2,3)4/h10-11H,5-8H2,1-4H3/t10-,11+/m1/s1. The molecule has 0 saturated heterocycles. The van der Waals surface area contributed by atoms with E-state index in [-0.39, 0.29) is 18.2 Å². The van der Waals surface area contributed by atoms with Crippen LogP contribution in [0.5, 0.6) is 0 Å². The number of hydrogen-bond acceptors (Lipinski definition) is 3. The Labute approximate surface area is 93.3 Å². The highest BCUT2D eigenvalue weighted by Gasteiger charge is 2.32. The maximum atomic E-state index is 11.0.